The van der Waals surface area contributed by atoms with Crippen molar-refractivity contribution in [2.75, 3.05) is 31.3 Å². The number of rotatable bonds is 12. The van der Waals surface area contributed by atoms with Crippen LogP contribution in [0.3, 0.4) is 0 Å². The zero-order valence-corrected chi connectivity index (χ0v) is 27.2. The summed E-state index contributed by atoms with van der Waals surface area (Å²) in [6.45, 7) is 3.34. The fourth-order valence-corrected chi connectivity index (χ4v) is 11.0. The molecule has 2 saturated heterocycles. The van der Waals surface area contributed by atoms with Crippen molar-refractivity contribution >= 4 is 45.5 Å². The van der Waals surface area contributed by atoms with Crippen LogP contribution in [0, 0.1) is 11.8 Å². The highest BCUT2D eigenvalue weighted by atomic mass is 32.2. The number of nitrogens with zero attached hydrogens (tertiary/aromatic N) is 2. The van der Waals surface area contributed by atoms with Crippen LogP contribution in [-0.4, -0.2) is 72.0 Å². The number of carbonyl (C=O) groups is 2. The van der Waals surface area contributed by atoms with E-state index in [9.17, 15) is 18.0 Å². The van der Waals surface area contributed by atoms with Gasteiger partial charge in [0.25, 0.3) is 0 Å². The lowest BCUT2D eigenvalue weighted by Gasteiger charge is -2.40. The predicted molar refractivity (Wildman–Crippen MR) is 175 cm³/mol. The Morgan fingerprint density at radius 1 is 0.907 bits per heavy atom. The Kier molecular flexibility index (Phi) is 11.9. The van der Waals surface area contributed by atoms with Gasteiger partial charge in [-0.2, -0.15) is 4.31 Å². The third-order valence-corrected chi connectivity index (χ3v) is 13.3. The van der Waals surface area contributed by atoms with Gasteiger partial charge in [0.1, 0.15) is 6.04 Å². The first-order chi connectivity index (χ1) is 20.9. The van der Waals surface area contributed by atoms with Crippen LogP contribution in [0.25, 0.3) is 0 Å². The fraction of sp³-hybridized carbons (Fsp3) is 0.562. The minimum atomic E-state index is -3.77. The number of hydrogen-bond acceptors (Lipinski definition) is 7. The Hall–Kier alpha value is -2.05. The third-order valence-electron chi connectivity index (χ3n) is 8.91. The maximum Gasteiger partial charge on any atom is 0.244 e. The van der Waals surface area contributed by atoms with Gasteiger partial charge in [-0.15, -0.1) is 11.8 Å². The van der Waals surface area contributed by atoms with Gasteiger partial charge < -0.3 is 5.32 Å². The molecule has 0 radical (unpaired) electrons. The van der Waals surface area contributed by atoms with Crippen molar-refractivity contribution in [3.8, 4) is 0 Å². The van der Waals surface area contributed by atoms with Crippen molar-refractivity contribution in [2.24, 2.45) is 11.8 Å². The monoisotopic (exact) mass is 644 g/mol. The molecule has 2 N–H and O–H groups in total. The number of hydrogen-bond donors (Lipinski definition) is 2. The minimum absolute atomic E-state index is 0.0952. The SMILES string of the molecule is O=C(CCNC(=O)[C@@H]1CSCN1S(=O)(=O)c1ccccc1)NSC(C1CCCCC1)C1CCN(Cc2ccccc2)CC1. The Morgan fingerprint density at radius 2 is 1.56 bits per heavy atom. The summed E-state index contributed by atoms with van der Waals surface area (Å²) in [6, 6.07) is 18.1. The van der Waals surface area contributed by atoms with Gasteiger partial charge in [-0.3, -0.25) is 19.2 Å². The van der Waals surface area contributed by atoms with Gasteiger partial charge in [0.05, 0.1) is 10.8 Å². The Balaban J connectivity index is 1.08. The summed E-state index contributed by atoms with van der Waals surface area (Å²) in [5, 5.41) is 3.22. The second-order valence-corrected chi connectivity index (χ2v) is 15.7. The smallest absolute Gasteiger partial charge is 0.244 e. The van der Waals surface area contributed by atoms with E-state index in [0.717, 1.165) is 32.5 Å². The summed E-state index contributed by atoms with van der Waals surface area (Å²) in [5.74, 6) is 1.39. The molecule has 0 spiro atoms. The Morgan fingerprint density at radius 3 is 2.26 bits per heavy atom. The van der Waals surface area contributed by atoms with E-state index in [1.807, 2.05) is 0 Å². The number of thioether (sulfide) groups is 1. The molecule has 2 aromatic rings. The van der Waals surface area contributed by atoms with Crippen LogP contribution in [0.5, 0.6) is 0 Å². The summed E-state index contributed by atoms with van der Waals surface area (Å²) >= 11 is 3.03. The number of benzene rings is 2. The largest absolute Gasteiger partial charge is 0.354 e. The molecular weight excluding hydrogens is 601 g/mol. The van der Waals surface area contributed by atoms with E-state index >= 15 is 0 Å². The molecular formula is C32H44N4O4S3. The molecule has 2 aromatic carbocycles. The van der Waals surface area contributed by atoms with Gasteiger partial charge in [0, 0.05) is 30.5 Å². The number of carbonyl (C=O) groups excluding carboxylic acids is 2. The van der Waals surface area contributed by atoms with Gasteiger partial charge in [-0.25, -0.2) is 8.42 Å². The standard InChI is InChI=1S/C32H44N4O4S3/c37-30(16-19-33-32(38)29-23-41-24-36(29)43(39,40)28-14-8-3-9-15-28)34-42-31(26-12-6-2-7-13-26)27-17-20-35(21-18-27)22-25-10-4-1-5-11-25/h1,3-5,8-11,14-15,26-27,29,31H,2,6-7,12-13,16-24H2,(H,33,38)(H,34,37)/t29-,31?/m0/s1. The lowest BCUT2D eigenvalue weighted by Crippen LogP contribution is -2.47. The molecule has 2 heterocycles. The van der Waals surface area contributed by atoms with Gasteiger partial charge in [0.2, 0.25) is 21.8 Å². The van der Waals surface area contributed by atoms with Crippen molar-refractivity contribution in [1.82, 2.24) is 19.2 Å². The normalized spacial score (nSPS) is 21.8. The summed E-state index contributed by atoms with van der Waals surface area (Å²) in [6.07, 6.45) is 8.76. The first-order valence-electron chi connectivity index (χ1n) is 15.5. The zero-order chi connectivity index (χ0) is 30.1. The Bertz CT molecular complexity index is 1280. The van der Waals surface area contributed by atoms with Gasteiger partial charge in [-0.05, 0) is 80.3 Å². The number of sulfonamides is 1. The highest BCUT2D eigenvalue weighted by molar-refractivity contribution is 8.00. The number of likely N-dealkylation sites (tertiary alicyclic amines) is 1. The highest BCUT2D eigenvalue weighted by Gasteiger charge is 2.40. The van der Waals surface area contributed by atoms with E-state index < -0.39 is 16.1 Å². The second kappa shape index (κ2) is 15.8. The quantitative estimate of drug-likeness (QED) is 0.318. The molecule has 3 aliphatic rings. The predicted octanol–water partition coefficient (Wildman–Crippen LogP) is 4.88. The summed E-state index contributed by atoms with van der Waals surface area (Å²) in [7, 11) is -3.77. The average Bonchev–Trinajstić information content (AvgIpc) is 3.55. The van der Waals surface area contributed by atoms with E-state index in [1.54, 1.807) is 42.3 Å². The molecule has 0 aromatic heterocycles. The molecule has 0 bridgehead atoms. The van der Waals surface area contributed by atoms with E-state index in [1.165, 1.54) is 53.7 Å². The molecule has 1 aliphatic carbocycles. The lowest BCUT2D eigenvalue weighted by atomic mass is 9.79. The second-order valence-electron chi connectivity index (χ2n) is 11.9. The van der Waals surface area contributed by atoms with E-state index in [4.69, 9.17) is 0 Å². The van der Waals surface area contributed by atoms with E-state index in [0.29, 0.717) is 22.8 Å². The van der Waals surface area contributed by atoms with Crippen LogP contribution >= 0.6 is 23.7 Å². The number of piperidine rings is 1. The maximum absolute atomic E-state index is 13.1. The van der Waals surface area contributed by atoms with Gasteiger partial charge >= 0.3 is 0 Å². The van der Waals surface area contributed by atoms with Crippen molar-refractivity contribution < 1.29 is 18.0 Å². The minimum Gasteiger partial charge on any atom is -0.354 e. The van der Waals surface area contributed by atoms with Crippen LogP contribution in [-0.2, 0) is 26.2 Å². The molecule has 234 valence electrons. The summed E-state index contributed by atoms with van der Waals surface area (Å²) < 4.78 is 30.6. The Labute approximate surface area is 265 Å². The van der Waals surface area contributed by atoms with Crippen LogP contribution < -0.4 is 10.0 Å². The molecule has 43 heavy (non-hydrogen) atoms. The first-order valence-corrected chi connectivity index (χ1v) is 19.0. The molecule has 1 saturated carbocycles. The summed E-state index contributed by atoms with van der Waals surface area (Å²) in [5.41, 5.74) is 1.36. The third kappa shape index (κ3) is 8.78. The van der Waals surface area contributed by atoms with Crippen LogP contribution in [0.1, 0.15) is 56.9 Å². The number of nitrogens with one attached hydrogen (secondary N) is 2. The van der Waals surface area contributed by atoms with Crippen LogP contribution in [0.2, 0.25) is 0 Å². The van der Waals surface area contributed by atoms with Crippen molar-refractivity contribution in [2.45, 2.75) is 74.1 Å². The van der Waals surface area contributed by atoms with Crippen molar-refractivity contribution in [1.29, 1.82) is 0 Å². The van der Waals surface area contributed by atoms with E-state index in [2.05, 4.69) is 45.3 Å². The molecule has 2 aliphatic heterocycles. The van der Waals surface area contributed by atoms with E-state index in [-0.39, 0.29) is 35.6 Å². The molecule has 11 heteroatoms. The number of amides is 2. The molecule has 2 amide bonds. The molecule has 3 fully saturated rings. The molecule has 2 atom stereocenters. The summed E-state index contributed by atoms with van der Waals surface area (Å²) in [4.78, 5) is 28.6. The van der Waals surface area contributed by atoms with Crippen molar-refractivity contribution in [3.05, 3.63) is 66.2 Å². The molecule has 1 unspecified atom stereocenters. The first kappa shape index (κ1) is 32.3. The highest BCUT2D eigenvalue weighted by Crippen LogP contribution is 2.39. The van der Waals surface area contributed by atoms with Gasteiger partial charge in [0.15, 0.2) is 0 Å². The van der Waals surface area contributed by atoms with Crippen LogP contribution in [0.4, 0.5) is 0 Å². The maximum atomic E-state index is 13.1. The molecule has 5 rings (SSSR count). The topological polar surface area (TPSA) is 98.8 Å². The van der Waals surface area contributed by atoms with Crippen LogP contribution in [0.15, 0.2) is 65.6 Å². The van der Waals surface area contributed by atoms with Crippen molar-refractivity contribution in [3.63, 3.8) is 0 Å². The lowest BCUT2D eigenvalue weighted by molar-refractivity contribution is -0.124. The molecule has 8 nitrogen and oxygen atoms in total. The average molecular weight is 645 g/mol. The fourth-order valence-electron chi connectivity index (χ4n) is 6.52. The zero-order valence-electron chi connectivity index (χ0n) is 24.7. The van der Waals surface area contributed by atoms with Gasteiger partial charge in [-0.1, -0.05) is 67.8 Å².